The van der Waals surface area contributed by atoms with Gasteiger partial charge in [0.2, 0.25) is 0 Å². The van der Waals surface area contributed by atoms with Crippen LogP contribution >= 0.6 is 0 Å². The van der Waals surface area contributed by atoms with E-state index in [0.717, 1.165) is 11.1 Å². The average Bonchev–Trinajstić information content (AvgIpc) is 3.08. The first kappa shape index (κ1) is 21.8. The SMILES string of the molecule is COCCOC(=O)c1c(C)[nH]c(C(=O)Oc2ccc(-c3ccc(C#N)cc3)cc2)c1C. The molecule has 0 bridgehead atoms. The summed E-state index contributed by atoms with van der Waals surface area (Å²) in [5, 5.41) is 8.90. The Labute approximate surface area is 180 Å². The van der Waals surface area contributed by atoms with Gasteiger partial charge in [-0.15, -0.1) is 0 Å². The minimum atomic E-state index is -0.595. The van der Waals surface area contributed by atoms with E-state index in [4.69, 9.17) is 19.5 Å². The quantitative estimate of drug-likeness (QED) is 0.351. The first-order valence-electron chi connectivity index (χ1n) is 9.62. The summed E-state index contributed by atoms with van der Waals surface area (Å²) in [6.07, 6.45) is 0. The molecule has 3 aromatic rings. The van der Waals surface area contributed by atoms with Gasteiger partial charge in [-0.3, -0.25) is 0 Å². The third kappa shape index (κ3) is 5.00. The van der Waals surface area contributed by atoms with Crippen LogP contribution in [0.1, 0.15) is 37.7 Å². The molecule has 0 aliphatic heterocycles. The Kier molecular flexibility index (Phi) is 6.85. The molecule has 0 aliphatic rings. The van der Waals surface area contributed by atoms with E-state index in [1.54, 1.807) is 38.1 Å². The van der Waals surface area contributed by atoms with Crippen molar-refractivity contribution in [3.05, 3.63) is 76.6 Å². The van der Waals surface area contributed by atoms with Crippen LogP contribution in [0.15, 0.2) is 48.5 Å². The lowest BCUT2D eigenvalue weighted by atomic mass is 10.0. The maximum atomic E-state index is 12.7. The second-order valence-corrected chi connectivity index (χ2v) is 6.86. The molecular formula is C24H22N2O5. The number of aryl methyl sites for hydroxylation is 1. The first-order valence-corrected chi connectivity index (χ1v) is 9.62. The van der Waals surface area contributed by atoms with Gasteiger partial charge in [-0.1, -0.05) is 24.3 Å². The predicted octanol–water partition coefficient (Wildman–Crippen LogP) is 4.19. The zero-order valence-electron chi connectivity index (χ0n) is 17.5. The normalized spacial score (nSPS) is 10.4. The van der Waals surface area contributed by atoms with E-state index >= 15 is 0 Å². The first-order chi connectivity index (χ1) is 14.9. The zero-order chi connectivity index (χ0) is 22.4. The van der Waals surface area contributed by atoms with E-state index in [2.05, 4.69) is 11.1 Å². The molecule has 0 unspecified atom stereocenters. The molecule has 7 nitrogen and oxygen atoms in total. The number of aromatic amines is 1. The van der Waals surface area contributed by atoms with Crippen molar-refractivity contribution in [2.75, 3.05) is 20.3 Å². The molecule has 158 valence electrons. The van der Waals surface area contributed by atoms with E-state index < -0.39 is 11.9 Å². The maximum absolute atomic E-state index is 12.7. The van der Waals surface area contributed by atoms with Crippen molar-refractivity contribution in [3.8, 4) is 22.9 Å². The molecule has 0 saturated carbocycles. The van der Waals surface area contributed by atoms with Gasteiger partial charge >= 0.3 is 11.9 Å². The standard InChI is InChI=1S/C24H22N2O5/c1-15-21(23(27)30-13-12-29-3)16(2)26-22(15)24(28)31-20-10-8-19(9-11-20)18-6-4-17(14-25)5-7-18/h4-11,26H,12-13H2,1-3H3. The number of H-pyrrole nitrogens is 1. The lowest BCUT2D eigenvalue weighted by Crippen LogP contribution is -2.13. The van der Waals surface area contributed by atoms with Crippen molar-refractivity contribution < 1.29 is 23.8 Å². The lowest BCUT2D eigenvalue weighted by molar-refractivity contribution is 0.0386. The van der Waals surface area contributed by atoms with Crippen LogP contribution in [-0.4, -0.2) is 37.2 Å². The number of hydrogen-bond donors (Lipinski definition) is 1. The third-order valence-corrected chi connectivity index (χ3v) is 4.78. The largest absolute Gasteiger partial charge is 0.460 e. The number of carbonyl (C=O) groups is 2. The highest BCUT2D eigenvalue weighted by Gasteiger charge is 2.24. The molecule has 0 atom stereocenters. The molecule has 3 rings (SSSR count). The molecule has 2 aromatic carbocycles. The summed E-state index contributed by atoms with van der Waals surface area (Å²) < 4.78 is 15.5. The number of nitrogens with zero attached hydrogens (tertiary/aromatic N) is 1. The van der Waals surface area contributed by atoms with Gasteiger partial charge in [0.1, 0.15) is 18.1 Å². The zero-order valence-corrected chi connectivity index (χ0v) is 17.5. The van der Waals surface area contributed by atoms with Crippen molar-refractivity contribution in [1.29, 1.82) is 5.26 Å². The monoisotopic (exact) mass is 418 g/mol. The van der Waals surface area contributed by atoms with E-state index in [9.17, 15) is 9.59 Å². The molecule has 7 heteroatoms. The van der Waals surface area contributed by atoms with Crippen LogP contribution in [0, 0.1) is 25.2 Å². The number of benzene rings is 2. The fraction of sp³-hybridized carbons (Fsp3) is 0.208. The molecule has 1 aromatic heterocycles. The Bertz CT molecular complexity index is 1120. The van der Waals surface area contributed by atoms with Crippen LogP contribution in [0.4, 0.5) is 0 Å². The highest BCUT2D eigenvalue weighted by Crippen LogP contribution is 2.25. The molecule has 1 heterocycles. The number of aromatic nitrogens is 1. The number of carbonyl (C=O) groups excluding carboxylic acids is 2. The van der Waals surface area contributed by atoms with Gasteiger partial charge < -0.3 is 19.2 Å². The van der Waals surface area contributed by atoms with Crippen LogP contribution in [0.5, 0.6) is 5.75 Å². The Morgan fingerprint density at radius 1 is 0.935 bits per heavy atom. The van der Waals surface area contributed by atoms with Crippen LogP contribution in [0.2, 0.25) is 0 Å². The van der Waals surface area contributed by atoms with Gasteiger partial charge in [-0.25, -0.2) is 9.59 Å². The van der Waals surface area contributed by atoms with Crippen LogP contribution in [-0.2, 0) is 9.47 Å². The van der Waals surface area contributed by atoms with Crippen LogP contribution in [0.3, 0.4) is 0 Å². The summed E-state index contributed by atoms with van der Waals surface area (Å²) in [5.41, 5.74) is 3.99. The summed E-state index contributed by atoms with van der Waals surface area (Å²) in [6.45, 7) is 3.79. The van der Waals surface area contributed by atoms with Gasteiger partial charge in [0, 0.05) is 12.8 Å². The van der Waals surface area contributed by atoms with E-state index in [0.29, 0.717) is 34.7 Å². The number of esters is 2. The van der Waals surface area contributed by atoms with Crippen molar-refractivity contribution in [2.24, 2.45) is 0 Å². The molecule has 0 fully saturated rings. The molecule has 0 saturated heterocycles. The van der Waals surface area contributed by atoms with E-state index in [1.165, 1.54) is 7.11 Å². The van der Waals surface area contributed by atoms with Crippen molar-refractivity contribution in [2.45, 2.75) is 13.8 Å². The van der Waals surface area contributed by atoms with Gasteiger partial charge in [0.15, 0.2) is 0 Å². The van der Waals surface area contributed by atoms with Gasteiger partial charge in [-0.05, 0) is 54.8 Å². The summed E-state index contributed by atoms with van der Waals surface area (Å²) in [7, 11) is 1.52. The molecular weight excluding hydrogens is 396 g/mol. The molecule has 31 heavy (non-hydrogen) atoms. The highest BCUT2D eigenvalue weighted by atomic mass is 16.6. The number of rotatable bonds is 7. The third-order valence-electron chi connectivity index (χ3n) is 4.78. The van der Waals surface area contributed by atoms with Crippen molar-refractivity contribution >= 4 is 11.9 Å². The second kappa shape index (κ2) is 9.74. The number of ether oxygens (including phenoxy) is 3. The predicted molar refractivity (Wildman–Crippen MR) is 114 cm³/mol. The molecule has 0 spiro atoms. The maximum Gasteiger partial charge on any atom is 0.360 e. The van der Waals surface area contributed by atoms with Crippen LogP contribution < -0.4 is 4.74 Å². The fourth-order valence-electron chi connectivity index (χ4n) is 3.16. The molecule has 0 amide bonds. The summed E-state index contributed by atoms with van der Waals surface area (Å²) in [4.78, 5) is 27.9. The molecule has 0 aliphatic carbocycles. The molecule has 0 radical (unpaired) electrons. The smallest absolute Gasteiger partial charge is 0.360 e. The Morgan fingerprint density at radius 2 is 1.55 bits per heavy atom. The van der Waals surface area contributed by atoms with Gasteiger partial charge in [0.25, 0.3) is 0 Å². The number of hydrogen-bond acceptors (Lipinski definition) is 6. The average molecular weight is 418 g/mol. The molecule has 1 N–H and O–H groups in total. The minimum absolute atomic E-state index is 0.130. The van der Waals surface area contributed by atoms with E-state index in [-0.39, 0.29) is 12.3 Å². The van der Waals surface area contributed by atoms with E-state index in [1.807, 2.05) is 24.3 Å². The Balaban J connectivity index is 1.72. The summed E-state index contributed by atoms with van der Waals surface area (Å²) in [5.74, 6) is -0.741. The van der Waals surface area contributed by atoms with Crippen molar-refractivity contribution in [1.82, 2.24) is 4.98 Å². The summed E-state index contributed by atoms with van der Waals surface area (Å²) >= 11 is 0. The second-order valence-electron chi connectivity index (χ2n) is 6.86. The Hall–Kier alpha value is -3.89. The van der Waals surface area contributed by atoms with Gasteiger partial charge in [0.05, 0.1) is 23.8 Å². The number of nitrogens with one attached hydrogen (secondary N) is 1. The topological polar surface area (TPSA) is 101 Å². The summed E-state index contributed by atoms with van der Waals surface area (Å²) in [6, 6.07) is 16.3. The number of methoxy groups -OCH3 is 1. The fourth-order valence-corrected chi connectivity index (χ4v) is 3.16. The van der Waals surface area contributed by atoms with Crippen molar-refractivity contribution in [3.63, 3.8) is 0 Å². The number of nitriles is 1. The Morgan fingerprint density at radius 3 is 2.13 bits per heavy atom. The minimum Gasteiger partial charge on any atom is -0.460 e. The van der Waals surface area contributed by atoms with Gasteiger partial charge in [-0.2, -0.15) is 5.26 Å². The van der Waals surface area contributed by atoms with Crippen LogP contribution in [0.25, 0.3) is 11.1 Å². The highest BCUT2D eigenvalue weighted by molar-refractivity contribution is 5.99. The lowest BCUT2D eigenvalue weighted by Gasteiger charge is -2.07.